The summed E-state index contributed by atoms with van der Waals surface area (Å²) in [5.74, 6) is -0.931. The Morgan fingerprint density at radius 2 is 1.98 bits per heavy atom. The molecule has 2 aromatic carbocycles. The molecule has 2 amide bonds. The van der Waals surface area contributed by atoms with Crippen molar-refractivity contribution in [3.63, 3.8) is 0 Å². The maximum atomic E-state index is 12.9. The highest BCUT2D eigenvalue weighted by Gasteiger charge is 2.21. The number of benzene rings is 2. The number of nitrogens with one attached hydrogen (secondary N) is 2. The summed E-state index contributed by atoms with van der Waals surface area (Å²) < 4.78 is 1.93. The number of hydrogen-bond acceptors (Lipinski definition) is 8. The van der Waals surface area contributed by atoms with Crippen molar-refractivity contribution in [1.82, 2.24) is 24.8 Å². The van der Waals surface area contributed by atoms with Gasteiger partial charge in [0.15, 0.2) is 10.8 Å². The number of aromatic hydroxyl groups is 1. The summed E-state index contributed by atoms with van der Waals surface area (Å²) in [4.78, 5) is 38.3. The molecule has 204 valence electrons. The number of aromatic nitrogens is 4. The second-order valence-electron chi connectivity index (χ2n) is 8.83. The lowest BCUT2D eigenvalue weighted by atomic mass is 9.96. The molecular weight excluding hydrogens is 562 g/mol. The quantitative estimate of drug-likeness (QED) is 0.198. The fourth-order valence-corrected chi connectivity index (χ4v) is 4.84. The number of aryl methyl sites for hydroxylation is 1. The molecule has 0 saturated heterocycles. The summed E-state index contributed by atoms with van der Waals surface area (Å²) in [5, 5.41) is 28.5. The maximum absolute atomic E-state index is 12.9. The van der Waals surface area contributed by atoms with Gasteiger partial charge in [-0.15, -0.1) is 11.3 Å². The summed E-state index contributed by atoms with van der Waals surface area (Å²) in [6, 6.07) is 15.1. The largest absolute Gasteiger partial charge is 0.507 e. The predicted molar refractivity (Wildman–Crippen MR) is 156 cm³/mol. The molecule has 0 fully saturated rings. The van der Waals surface area contributed by atoms with Gasteiger partial charge in [-0.1, -0.05) is 23.7 Å². The van der Waals surface area contributed by atoms with Gasteiger partial charge in [-0.05, 0) is 48.4 Å². The highest BCUT2D eigenvalue weighted by atomic mass is 35.5. The van der Waals surface area contributed by atoms with Gasteiger partial charge in [-0.3, -0.25) is 9.59 Å². The number of phenolic OH excluding ortho intramolecular Hbond substituents is 1. The third kappa shape index (κ3) is 6.41. The number of nitriles is 1. The average molecular weight is 584 g/mol. The molecule has 0 saturated carbocycles. The smallest absolute Gasteiger partial charge is 0.285 e. The molecule has 0 aliphatic heterocycles. The second kappa shape index (κ2) is 12.4. The van der Waals surface area contributed by atoms with Crippen LogP contribution in [0.25, 0.3) is 22.4 Å². The number of imidazole rings is 1. The molecular formula is C29H22ClN7O3S. The minimum atomic E-state index is -0.531. The van der Waals surface area contributed by atoms with E-state index in [-0.39, 0.29) is 33.7 Å². The molecule has 3 aromatic heterocycles. The number of carbonyl (C=O) groups excluding carboxylic acids is 2. The SMILES string of the molecule is N#Cc1c(-c2cccc(C(=O)NCCCn3ccnc3)c2)cc(-c2ccc(Cl)cc2O)nc1NC(=O)c1nccs1. The Balaban J connectivity index is 1.49. The minimum Gasteiger partial charge on any atom is -0.507 e. The normalized spacial score (nSPS) is 10.6. The number of hydrogen-bond donors (Lipinski definition) is 3. The first-order chi connectivity index (χ1) is 19.9. The lowest BCUT2D eigenvalue weighted by molar-refractivity contribution is 0.0952. The highest BCUT2D eigenvalue weighted by molar-refractivity contribution is 7.11. The molecule has 5 rings (SSSR count). The number of pyridine rings is 1. The Labute approximate surface area is 243 Å². The number of rotatable bonds is 9. The lowest BCUT2D eigenvalue weighted by Crippen LogP contribution is -2.25. The van der Waals surface area contributed by atoms with Gasteiger partial charge in [0.05, 0.1) is 12.0 Å². The van der Waals surface area contributed by atoms with Crippen molar-refractivity contribution in [1.29, 1.82) is 5.26 Å². The van der Waals surface area contributed by atoms with Crippen LogP contribution in [-0.4, -0.2) is 43.0 Å². The van der Waals surface area contributed by atoms with Crippen molar-refractivity contribution < 1.29 is 14.7 Å². The molecule has 0 spiro atoms. The number of amides is 2. The second-order valence-corrected chi connectivity index (χ2v) is 10.2. The first kappa shape index (κ1) is 27.5. The number of nitrogens with zero attached hydrogens (tertiary/aromatic N) is 5. The Hall–Kier alpha value is -5.05. The fourth-order valence-electron chi connectivity index (χ4n) is 4.14. The highest BCUT2D eigenvalue weighted by Crippen LogP contribution is 2.37. The standard InChI is InChI=1S/C29H22ClN7O3S/c30-20-5-6-21(25(38)14-20)24-15-22(23(16-31)26(35-24)36-28(40)29-34-9-12-41-29)18-3-1-4-19(13-18)27(39)33-7-2-10-37-11-8-32-17-37/h1,3-6,8-9,11-15,17,38H,2,7,10H2,(H,33,39)(H,35,36,40). The van der Waals surface area contributed by atoms with Gasteiger partial charge >= 0.3 is 0 Å². The molecule has 0 aliphatic carbocycles. The van der Waals surface area contributed by atoms with Gasteiger partial charge in [-0.2, -0.15) is 5.26 Å². The summed E-state index contributed by atoms with van der Waals surface area (Å²) in [5.41, 5.74) is 2.08. The zero-order valence-corrected chi connectivity index (χ0v) is 23.0. The molecule has 0 unspecified atom stereocenters. The summed E-state index contributed by atoms with van der Waals surface area (Å²) in [6.45, 7) is 1.19. The predicted octanol–water partition coefficient (Wildman–Crippen LogP) is 5.37. The summed E-state index contributed by atoms with van der Waals surface area (Å²) >= 11 is 7.17. The van der Waals surface area contributed by atoms with E-state index in [1.165, 1.54) is 12.3 Å². The van der Waals surface area contributed by atoms with Gasteiger partial charge in [0.25, 0.3) is 11.8 Å². The number of thiazole rings is 1. The van der Waals surface area contributed by atoms with Crippen LogP contribution in [0.3, 0.4) is 0 Å². The van der Waals surface area contributed by atoms with Crippen LogP contribution in [0.1, 0.15) is 32.1 Å². The van der Waals surface area contributed by atoms with Crippen LogP contribution in [0.4, 0.5) is 5.82 Å². The molecule has 41 heavy (non-hydrogen) atoms. The van der Waals surface area contributed by atoms with Gasteiger partial charge in [0.2, 0.25) is 0 Å². The van der Waals surface area contributed by atoms with Gasteiger partial charge in [0.1, 0.15) is 17.4 Å². The maximum Gasteiger partial charge on any atom is 0.285 e. The number of phenols is 1. The van der Waals surface area contributed by atoms with Crippen LogP contribution in [0.2, 0.25) is 5.02 Å². The molecule has 0 aliphatic rings. The Morgan fingerprint density at radius 1 is 1.10 bits per heavy atom. The van der Waals surface area contributed by atoms with Crippen molar-refractivity contribution in [2.75, 3.05) is 11.9 Å². The zero-order chi connectivity index (χ0) is 28.8. The number of anilines is 1. The summed E-state index contributed by atoms with van der Waals surface area (Å²) in [6.07, 6.45) is 7.51. The molecule has 0 atom stereocenters. The van der Waals surface area contributed by atoms with Crippen molar-refractivity contribution in [3.8, 4) is 34.2 Å². The molecule has 0 radical (unpaired) electrons. The fraction of sp³-hybridized carbons (Fsp3) is 0.103. The molecule has 0 bridgehead atoms. The van der Waals surface area contributed by atoms with E-state index < -0.39 is 5.91 Å². The Kier molecular flexibility index (Phi) is 8.34. The van der Waals surface area contributed by atoms with E-state index in [0.717, 1.165) is 24.3 Å². The lowest BCUT2D eigenvalue weighted by Gasteiger charge is -2.14. The van der Waals surface area contributed by atoms with Crippen LogP contribution in [0, 0.1) is 11.3 Å². The van der Waals surface area contributed by atoms with E-state index in [2.05, 4.69) is 31.7 Å². The van der Waals surface area contributed by atoms with Crippen LogP contribution < -0.4 is 10.6 Å². The van der Waals surface area contributed by atoms with Crippen LogP contribution in [0.5, 0.6) is 5.75 Å². The van der Waals surface area contributed by atoms with E-state index in [1.54, 1.807) is 60.4 Å². The van der Waals surface area contributed by atoms with Gasteiger partial charge in [0, 0.05) is 58.8 Å². The first-order valence-electron chi connectivity index (χ1n) is 12.4. The van der Waals surface area contributed by atoms with E-state index in [9.17, 15) is 20.0 Å². The minimum absolute atomic E-state index is 0.0103. The van der Waals surface area contributed by atoms with Gasteiger partial charge < -0.3 is 20.3 Å². The van der Waals surface area contributed by atoms with Crippen LogP contribution in [0.15, 0.2) is 78.8 Å². The van der Waals surface area contributed by atoms with E-state index in [1.807, 2.05) is 10.8 Å². The molecule has 12 heteroatoms. The van der Waals surface area contributed by atoms with Crippen molar-refractivity contribution in [3.05, 3.63) is 100.0 Å². The average Bonchev–Trinajstić information content (AvgIpc) is 3.70. The number of carbonyl (C=O) groups is 2. The number of halogens is 1. The van der Waals surface area contributed by atoms with Crippen molar-refractivity contribution >= 4 is 40.6 Å². The van der Waals surface area contributed by atoms with E-state index in [0.29, 0.717) is 33.8 Å². The molecule has 5 aromatic rings. The van der Waals surface area contributed by atoms with Crippen LogP contribution >= 0.6 is 22.9 Å². The molecule has 3 heterocycles. The van der Waals surface area contributed by atoms with Crippen LogP contribution in [-0.2, 0) is 6.54 Å². The Morgan fingerprint density at radius 3 is 2.71 bits per heavy atom. The first-order valence-corrected chi connectivity index (χ1v) is 13.7. The molecule has 10 nitrogen and oxygen atoms in total. The topological polar surface area (TPSA) is 146 Å². The third-order valence-electron chi connectivity index (χ3n) is 6.10. The zero-order valence-electron chi connectivity index (χ0n) is 21.4. The third-order valence-corrected chi connectivity index (χ3v) is 7.11. The Bertz CT molecular complexity index is 1750. The van der Waals surface area contributed by atoms with E-state index >= 15 is 0 Å². The van der Waals surface area contributed by atoms with E-state index in [4.69, 9.17) is 11.6 Å². The van der Waals surface area contributed by atoms with Gasteiger partial charge in [-0.25, -0.2) is 15.0 Å². The van der Waals surface area contributed by atoms with Crippen molar-refractivity contribution in [2.45, 2.75) is 13.0 Å². The van der Waals surface area contributed by atoms with Crippen molar-refractivity contribution in [2.24, 2.45) is 0 Å². The molecule has 3 N–H and O–H groups in total. The summed E-state index contributed by atoms with van der Waals surface area (Å²) in [7, 11) is 0. The monoisotopic (exact) mass is 583 g/mol.